The summed E-state index contributed by atoms with van der Waals surface area (Å²) >= 11 is 0. The Labute approximate surface area is 175 Å². The maximum atomic E-state index is 13.0. The molecule has 0 radical (unpaired) electrons. The van der Waals surface area contributed by atoms with Gasteiger partial charge in [0.05, 0.1) is 22.0 Å². The van der Waals surface area contributed by atoms with E-state index in [4.69, 9.17) is 5.26 Å². The summed E-state index contributed by atoms with van der Waals surface area (Å²) in [6.45, 7) is 2.75. The Kier molecular flexibility index (Phi) is 5.24. The summed E-state index contributed by atoms with van der Waals surface area (Å²) in [6, 6.07) is 15.8. The topological polar surface area (TPSA) is 94.4 Å². The van der Waals surface area contributed by atoms with E-state index in [-0.39, 0.29) is 23.9 Å². The molecule has 2 aromatic carbocycles. The fraction of sp³-hybridized carbons (Fsp3) is 0.227. The van der Waals surface area contributed by atoms with Gasteiger partial charge in [0.15, 0.2) is 0 Å². The van der Waals surface area contributed by atoms with E-state index in [1.165, 1.54) is 16.4 Å². The van der Waals surface area contributed by atoms with E-state index >= 15 is 0 Å². The third kappa shape index (κ3) is 3.65. The van der Waals surface area contributed by atoms with Crippen LogP contribution in [-0.2, 0) is 10.0 Å². The van der Waals surface area contributed by atoms with Crippen molar-refractivity contribution in [3.63, 3.8) is 0 Å². The number of aryl methyl sites for hydroxylation is 1. The Balaban J connectivity index is 1.49. The number of piperazine rings is 1. The second kappa shape index (κ2) is 7.86. The normalized spacial score (nSPS) is 15.1. The summed E-state index contributed by atoms with van der Waals surface area (Å²) in [5.74, 6) is -0.130. The van der Waals surface area contributed by atoms with Crippen LogP contribution in [0.1, 0.15) is 21.5 Å². The highest BCUT2D eigenvalue weighted by molar-refractivity contribution is 7.89. The highest BCUT2D eigenvalue weighted by Gasteiger charge is 2.31. The molecule has 1 aliphatic rings. The van der Waals surface area contributed by atoms with E-state index in [1.54, 1.807) is 36.2 Å². The van der Waals surface area contributed by atoms with E-state index in [0.29, 0.717) is 29.8 Å². The van der Waals surface area contributed by atoms with Crippen LogP contribution < -0.4 is 0 Å². The van der Waals surface area contributed by atoms with Crippen LogP contribution in [0, 0.1) is 18.3 Å². The van der Waals surface area contributed by atoms with E-state index in [1.807, 2.05) is 24.3 Å². The van der Waals surface area contributed by atoms with Crippen LogP contribution in [0.2, 0.25) is 0 Å². The van der Waals surface area contributed by atoms with Gasteiger partial charge in [0.1, 0.15) is 0 Å². The number of hydrogen-bond donors (Lipinski definition) is 0. The summed E-state index contributed by atoms with van der Waals surface area (Å²) in [5, 5.41) is 9.95. The predicted octanol–water partition coefficient (Wildman–Crippen LogP) is 2.56. The maximum absolute atomic E-state index is 13.0. The van der Waals surface area contributed by atoms with Crippen molar-refractivity contribution < 1.29 is 13.2 Å². The number of fused-ring (bicyclic) bond motifs is 1. The van der Waals surface area contributed by atoms with Crippen molar-refractivity contribution in [1.82, 2.24) is 14.2 Å². The van der Waals surface area contributed by atoms with Gasteiger partial charge in [0, 0.05) is 43.3 Å². The zero-order chi connectivity index (χ0) is 21.3. The van der Waals surface area contributed by atoms with Gasteiger partial charge in [-0.2, -0.15) is 9.57 Å². The Morgan fingerprint density at radius 2 is 1.83 bits per heavy atom. The fourth-order valence-electron chi connectivity index (χ4n) is 3.66. The Hall–Kier alpha value is -3.28. The number of rotatable bonds is 3. The molecule has 0 bridgehead atoms. The van der Waals surface area contributed by atoms with E-state index in [9.17, 15) is 13.2 Å². The molecule has 0 atom stereocenters. The zero-order valence-electron chi connectivity index (χ0n) is 16.4. The SMILES string of the molecule is Cc1cc(C#N)ccc1S(=O)(=O)N1CCN(C(=O)c2ccc3cccnc3c2)CC1. The van der Waals surface area contributed by atoms with Crippen molar-refractivity contribution in [2.75, 3.05) is 26.2 Å². The minimum Gasteiger partial charge on any atom is -0.336 e. The second-order valence-electron chi connectivity index (χ2n) is 7.20. The predicted molar refractivity (Wildman–Crippen MR) is 112 cm³/mol. The summed E-state index contributed by atoms with van der Waals surface area (Å²) < 4.78 is 27.5. The number of sulfonamides is 1. The third-order valence-electron chi connectivity index (χ3n) is 5.30. The van der Waals surface area contributed by atoms with E-state index < -0.39 is 10.0 Å². The van der Waals surface area contributed by atoms with Crippen LogP contribution in [0.5, 0.6) is 0 Å². The van der Waals surface area contributed by atoms with Gasteiger partial charge in [-0.25, -0.2) is 8.42 Å². The summed E-state index contributed by atoms with van der Waals surface area (Å²) in [6.07, 6.45) is 1.69. The van der Waals surface area contributed by atoms with Gasteiger partial charge >= 0.3 is 0 Å². The average Bonchev–Trinajstić information content (AvgIpc) is 2.78. The number of pyridine rings is 1. The third-order valence-corrected chi connectivity index (χ3v) is 7.36. The lowest BCUT2D eigenvalue weighted by molar-refractivity contribution is 0.0698. The van der Waals surface area contributed by atoms with E-state index in [0.717, 1.165) is 10.9 Å². The van der Waals surface area contributed by atoms with Crippen molar-refractivity contribution in [1.29, 1.82) is 5.26 Å². The van der Waals surface area contributed by atoms with Crippen LogP contribution in [0.25, 0.3) is 10.9 Å². The van der Waals surface area contributed by atoms with Gasteiger partial charge in [0.25, 0.3) is 5.91 Å². The molecule has 7 nitrogen and oxygen atoms in total. The Morgan fingerprint density at radius 1 is 1.07 bits per heavy atom. The standard InChI is InChI=1S/C22H20N4O3S/c1-16-13-17(15-23)4-7-21(16)30(28,29)26-11-9-25(10-12-26)22(27)19-6-5-18-3-2-8-24-20(18)14-19/h2-8,13-14H,9-12H2,1H3. The first kappa shape index (κ1) is 20.0. The molecule has 0 unspecified atom stereocenters. The molecule has 1 aromatic heterocycles. The molecule has 30 heavy (non-hydrogen) atoms. The highest BCUT2D eigenvalue weighted by Crippen LogP contribution is 2.23. The fourth-order valence-corrected chi connectivity index (χ4v) is 5.29. The molecule has 1 aliphatic heterocycles. The number of benzene rings is 2. The molecular formula is C22H20N4O3S. The Morgan fingerprint density at radius 3 is 2.53 bits per heavy atom. The number of aromatic nitrogens is 1. The summed E-state index contributed by atoms with van der Waals surface area (Å²) in [5.41, 5.74) is 2.25. The van der Waals surface area contributed by atoms with E-state index in [2.05, 4.69) is 4.98 Å². The van der Waals surface area contributed by atoms with Crippen molar-refractivity contribution >= 4 is 26.8 Å². The van der Waals surface area contributed by atoms with Crippen molar-refractivity contribution in [2.24, 2.45) is 0 Å². The van der Waals surface area contributed by atoms with Gasteiger partial charge < -0.3 is 4.90 Å². The lowest BCUT2D eigenvalue weighted by Crippen LogP contribution is -2.50. The minimum absolute atomic E-state index is 0.130. The second-order valence-corrected chi connectivity index (χ2v) is 9.11. The van der Waals surface area contributed by atoms with Crippen molar-refractivity contribution in [3.05, 3.63) is 71.4 Å². The number of amides is 1. The van der Waals surface area contributed by atoms with Crippen molar-refractivity contribution in [2.45, 2.75) is 11.8 Å². The number of carbonyl (C=O) groups excluding carboxylic acids is 1. The zero-order valence-corrected chi connectivity index (χ0v) is 17.3. The number of nitrogens with zero attached hydrogens (tertiary/aromatic N) is 4. The van der Waals surface area contributed by atoms with Crippen LogP contribution in [0.3, 0.4) is 0 Å². The van der Waals surface area contributed by atoms with Crippen molar-refractivity contribution in [3.8, 4) is 6.07 Å². The van der Waals surface area contributed by atoms with Gasteiger partial charge in [-0.05, 0) is 48.9 Å². The first-order chi connectivity index (χ1) is 14.4. The van der Waals surface area contributed by atoms with Crippen LogP contribution in [0.15, 0.2) is 59.6 Å². The monoisotopic (exact) mass is 420 g/mol. The highest BCUT2D eigenvalue weighted by atomic mass is 32.2. The average molecular weight is 420 g/mol. The molecule has 0 saturated carbocycles. The molecule has 1 fully saturated rings. The van der Waals surface area contributed by atoms with Crippen LogP contribution in [0.4, 0.5) is 0 Å². The smallest absolute Gasteiger partial charge is 0.254 e. The largest absolute Gasteiger partial charge is 0.336 e. The van der Waals surface area contributed by atoms with Gasteiger partial charge in [-0.3, -0.25) is 9.78 Å². The number of nitriles is 1. The van der Waals surface area contributed by atoms with Gasteiger partial charge in [-0.1, -0.05) is 12.1 Å². The quantitative estimate of drug-likeness (QED) is 0.649. The minimum atomic E-state index is -3.68. The first-order valence-electron chi connectivity index (χ1n) is 9.55. The lowest BCUT2D eigenvalue weighted by Gasteiger charge is -2.34. The molecule has 152 valence electrons. The summed E-state index contributed by atoms with van der Waals surface area (Å²) in [4.78, 5) is 19.0. The lowest BCUT2D eigenvalue weighted by atomic mass is 10.1. The molecule has 0 N–H and O–H groups in total. The molecule has 1 amide bonds. The Bertz CT molecular complexity index is 1270. The van der Waals surface area contributed by atoms with Crippen LogP contribution in [-0.4, -0.2) is 54.7 Å². The molecular weight excluding hydrogens is 400 g/mol. The number of carbonyl (C=O) groups is 1. The molecule has 8 heteroatoms. The van der Waals surface area contributed by atoms with Crippen LogP contribution >= 0.6 is 0 Å². The first-order valence-corrected chi connectivity index (χ1v) is 11.0. The molecule has 0 spiro atoms. The van der Waals surface area contributed by atoms with Gasteiger partial charge in [0.2, 0.25) is 10.0 Å². The maximum Gasteiger partial charge on any atom is 0.254 e. The molecule has 1 saturated heterocycles. The van der Waals surface area contributed by atoms with Gasteiger partial charge in [-0.15, -0.1) is 0 Å². The molecule has 0 aliphatic carbocycles. The molecule has 4 rings (SSSR count). The molecule has 2 heterocycles. The number of hydrogen-bond acceptors (Lipinski definition) is 5. The summed E-state index contributed by atoms with van der Waals surface area (Å²) in [7, 11) is -3.68. The molecule has 3 aromatic rings.